The van der Waals surface area contributed by atoms with E-state index in [1.54, 1.807) is 44.2 Å². The number of ether oxygens (including phenoxy) is 2. The van der Waals surface area contributed by atoms with Gasteiger partial charge in [0.05, 0.1) is 30.4 Å². The van der Waals surface area contributed by atoms with Gasteiger partial charge in [0, 0.05) is 33.5 Å². The van der Waals surface area contributed by atoms with E-state index >= 15 is 0 Å². The van der Waals surface area contributed by atoms with Gasteiger partial charge < -0.3 is 14.0 Å². The zero-order chi connectivity index (χ0) is 26.9. The van der Waals surface area contributed by atoms with E-state index in [2.05, 4.69) is 0 Å². The van der Waals surface area contributed by atoms with Crippen LogP contribution >= 0.6 is 11.6 Å². The fourth-order valence-electron chi connectivity index (χ4n) is 4.55. The summed E-state index contributed by atoms with van der Waals surface area (Å²) in [5, 5.41) is 0.618. The number of aromatic nitrogens is 1. The molecule has 2 heterocycles. The molecule has 1 amide bonds. The second-order valence-corrected chi connectivity index (χ2v) is 9.00. The number of hydrogen-bond donors (Lipinski definition) is 0. The van der Waals surface area contributed by atoms with Gasteiger partial charge in [0.1, 0.15) is 0 Å². The summed E-state index contributed by atoms with van der Waals surface area (Å²) in [6.45, 7) is 7.60. The maximum atomic E-state index is 13.7. The Morgan fingerprint density at radius 1 is 0.973 bits per heavy atom. The van der Waals surface area contributed by atoms with E-state index in [0.29, 0.717) is 22.0 Å². The van der Waals surface area contributed by atoms with Crippen LogP contribution in [0.2, 0.25) is 5.02 Å². The third-order valence-electron chi connectivity index (χ3n) is 6.26. The third-order valence-corrected chi connectivity index (χ3v) is 6.50. The van der Waals surface area contributed by atoms with Gasteiger partial charge in [-0.25, -0.2) is 9.59 Å². The van der Waals surface area contributed by atoms with Crippen LogP contribution in [0.3, 0.4) is 0 Å². The highest BCUT2D eigenvalue weighted by Crippen LogP contribution is 2.36. The van der Waals surface area contributed by atoms with Gasteiger partial charge in [0.15, 0.2) is 0 Å². The zero-order valence-electron chi connectivity index (χ0n) is 21.3. The van der Waals surface area contributed by atoms with Crippen LogP contribution in [-0.2, 0) is 19.1 Å². The molecule has 1 aliphatic heterocycles. The van der Waals surface area contributed by atoms with Crippen molar-refractivity contribution in [1.29, 1.82) is 0 Å². The lowest BCUT2D eigenvalue weighted by Crippen LogP contribution is -2.24. The topological polar surface area (TPSA) is 77.8 Å². The SMILES string of the molecule is CCOC(=O)c1ccc(N2C(=O)C(=Cc3cc(C)n(-c4cccc(Cl)c4)c3C)C(C(=O)OC)=C2C)cc1. The first-order valence-corrected chi connectivity index (χ1v) is 12.1. The second-order valence-electron chi connectivity index (χ2n) is 8.56. The van der Waals surface area contributed by atoms with Crippen LogP contribution in [0.1, 0.15) is 41.2 Å². The number of aryl methyl sites for hydroxylation is 1. The molecule has 0 atom stereocenters. The van der Waals surface area contributed by atoms with E-state index in [0.717, 1.165) is 22.6 Å². The molecule has 0 aliphatic carbocycles. The number of carbonyl (C=O) groups is 3. The minimum atomic E-state index is -0.605. The largest absolute Gasteiger partial charge is 0.465 e. The number of rotatable bonds is 6. The number of allylic oxidation sites excluding steroid dienone is 1. The molecule has 0 fully saturated rings. The summed E-state index contributed by atoms with van der Waals surface area (Å²) in [6.07, 6.45) is 1.72. The monoisotopic (exact) mass is 518 g/mol. The average molecular weight is 519 g/mol. The number of benzene rings is 2. The van der Waals surface area contributed by atoms with E-state index in [1.165, 1.54) is 12.0 Å². The fraction of sp³-hybridized carbons (Fsp3) is 0.207. The molecule has 4 rings (SSSR count). The van der Waals surface area contributed by atoms with Gasteiger partial charge in [-0.3, -0.25) is 9.69 Å². The highest BCUT2D eigenvalue weighted by atomic mass is 35.5. The standard InChI is InChI=1S/C29H27ClN2O5/c1-6-37-28(34)20-10-12-23(13-11-20)32-19(4)26(29(35)36-5)25(27(32)33)15-21-14-17(2)31(18(21)3)24-9-7-8-22(30)16-24/h7-16H,6H2,1-5H3. The Morgan fingerprint density at radius 2 is 1.68 bits per heavy atom. The summed E-state index contributed by atoms with van der Waals surface area (Å²) in [7, 11) is 1.28. The van der Waals surface area contributed by atoms with Crippen LogP contribution in [0.4, 0.5) is 5.69 Å². The number of nitrogens with zero attached hydrogens (tertiary/aromatic N) is 2. The molecule has 8 heteroatoms. The Balaban J connectivity index is 1.78. The zero-order valence-corrected chi connectivity index (χ0v) is 22.1. The van der Waals surface area contributed by atoms with Crippen molar-refractivity contribution >= 4 is 41.2 Å². The molecule has 2 aromatic carbocycles. The van der Waals surface area contributed by atoms with Gasteiger partial charge in [0.25, 0.3) is 5.91 Å². The molecule has 1 aromatic heterocycles. The highest BCUT2D eigenvalue weighted by Gasteiger charge is 2.38. The maximum absolute atomic E-state index is 13.7. The molecule has 7 nitrogen and oxygen atoms in total. The molecule has 0 radical (unpaired) electrons. The van der Waals surface area contributed by atoms with Gasteiger partial charge in [0.2, 0.25) is 0 Å². The molecular weight excluding hydrogens is 492 g/mol. The highest BCUT2D eigenvalue weighted by molar-refractivity contribution is 6.30. The maximum Gasteiger partial charge on any atom is 0.340 e. The Hall–Kier alpha value is -4.10. The number of halogens is 1. The molecule has 1 aliphatic rings. The number of esters is 2. The summed E-state index contributed by atoms with van der Waals surface area (Å²) >= 11 is 6.21. The fourth-order valence-corrected chi connectivity index (χ4v) is 4.74. The minimum absolute atomic E-state index is 0.189. The summed E-state index contributed by atoms with van der Waals surface area (Å²) in [5.41, 5.74) is 5.27. The van der Waals surface area contributed by atoms with Crippen molar-refractivity contribution in [1.82, 2.24) is 4.57 Å². The normalized spacial score (nSPS) is 14.5. The molecule has 37 heavy (non-hydrogen) atoms. The van der Waals surface area contributed by atoms with Crippen molar-refractivity contribution < 1.29 is 23.9 Å². The van der Waals surface area contributed by atoms with Gasteiger partial charge >= 0.3 is 11.9 Å². The Labute approximate surface area is 220 Å². The van der Waals surface area contributed by atoms with Crippen LogP contribution in [0.25, 0.3) is 11.8 Å². The van der Waals surface area contributed by atoms with Crippen molar-refractivity contribution in [2.24, 2.45) is 0 Å². The number of anilines is 1. The van der Waals surface area contributed by atoms with Crippen LogP contribution in [0, 0.1) is 13.8 Å². The molecule has 0 N–H and O–H groups in total. The molecule has 0 bridgehead atoms. The summed E-state index contributed by atoms with van der Waals surface area (Å²) in [5.74, 6) is -1.42. The Bertz CT molecular complexity index is 1460. The summed E-state index contributed by atoms with van der Waals surface area (Å²) < 4.78 is 12.1. The third kappa shape index (κ3) is 4.82. The Morgan fingerprint density at radius 3 is 2.30 bits per heavy atom. The van der Waals surface area contributed by atoms with Gasteiger partial charge in [-0.05, 0) is 87.9 Å². The molecule has 0 spiro atoms. The molecular formula is C29H27ClN2O5. The van der Waals surface area contributed by atoms with Crippen LogP contribution in [-0.4, -0.2) is 36.1 Å². The van der Waals surface area contributed by atoms with E-state index in [-0.39, 0.29) is 23.7 Å². The van der Waals surface area contributed by atoms with Gasteiger partial charge in [-0.15, -0.1) is 0 Å². The summed E-state index contributed by atoms with van der Waals surface area (Å²) in [4.78, 5) is 40.0. The second kappa shape index (κ2) is 10.5. The molecule has 0 saturated heterocycles. The first-order valence-electron chi connectivity index (χ1n) is 11.8. The lowest BCUT2D eigenvalue weighted by molar-refractivity contribution is -0.136. The van der Waals surface area contributed by atoms with Gasteiger partial charge in [-0.1, -0.05) is 17.7 Å². The Kier molecular flexibility index (Phi) is 7.36. The van der Waals surface area contributed by atoms with E-state index < -0.39 is 11.9 Å². The van der Waals surface area contributed by atoms with Crippen LogP contribution in [0.5, 0.6) is 0 Å². The van der Waals surface area contributed by atoms with E-state index in [1.807, 2.05) is 48.7 Å². The van der Waals surface area contributed by atoms with Gasteiger partial charge in [-0.2, -0.15) is 0 Å². The van der Waals surface area contributed by atoms with Crippen LogP contribution < -0.4 is 4.90 Å². The number of carbonyl (C=O) groups excluding carboxylic acids is 3. The van der Waals surface area contributed by atoms with E-state index in [4.69, 9.17) is 21.1 Å². The number of amides is 1. The lowest BCUT2D eigenvalue weighted by atomic mass is 10.0. The lowest BCUT2D eigenvalue weighted by Gasteiger charge is -2.18. The molecule has 3 aromatic rings. The van der Waals surface area contributed by atoms with Crippen LogP contribution in [0.15, 0.2) is 71.4 Å². The van der Waals surface area contributed by atoms with Crippen molar-refractivity contribution in [2.45, 2.75) is 27.7 Å². The minimum Gasteiger partial charge on any atom is -0.465 e. The predicted molar refractivity (Wildman–Crippen MR) is 143 cm³/mol. The van der Waals surface area contributed by atoms with Crippen molar-refractivity contribution in [3.05, 3.63) is 99.0 Å². The quantitative estimate of drug-likeness (QED) is 0.304. The predicted octanol–water partition coefficient (Wildman–Crippen LogP) is 5.80. The molecule has 0 unspecified atom stereocenters. The molecule has 190 valence electrons. The first kappa shape index (κ1) is 26.0. The van der Waals surface area contributed by atoms with Crippen molar-refractivity contribution in [3.63, 3.8) is 0 Å². The number of hydrogen-bond acceptors (Lipinski definition) is 5. The first-order chi connectivity index (χ1) is 17.7. The smallest absolute Gasteiger partial charge is 0.340 e. The van der Waals surface area contributed by atoms with Crippen molar-refractivity contribution in [3.8, 4) is 5.69 Å². The van der Waals surface area contributed by atoms with Crippen molar-refractivity contribution in [2.75, 3.05) is 18.6 Å². The number of methoxy groups -OCH3 is 1. The molecule has 0 saturated carbocycles. The summed E-state index contributed by atoms with van der Waals surface area (Å²) in [6, 6.07) is 15.9. The van der Waals surface area contributed by atoms with E-state index in [9.17, 15) is 14.4 Å². The average Bonchev–Trinajstić information content (AvgIpc) is 3.29.